The van der Waals surface area contributed by atoms with Gasteiger partial charge in [-0.2, -0.15) is 8.78 Å². The molecule has 0 saturated heterocycles. The number of rotatable bonds is 8. The Hall–Kier alpha value is -2.95. The molecule has 0 aliphatic heterocycles. The molecule has 8 nitrogen and oxygen atoms in total. The minimum absolute atomic E-state index is 0.0544. The van der Waals surface area contributed by atoms with Crippen LogP contribution < -0.4 is 10.6 Å². The summed E-state index contributed by atoms with van der Waals surface area (Å²) in [6.07, 6.45) is 5.55. The minimum atomic E-state index is -4.93. The van der Waals surface area contributed by atoms with Crippen molar-refractivity contribution >= 4 is 38.9 Å². The average Bonchev–Trinajstić information content (AvgIpc) is 3.67. The maximum Gasteiger partial charge on any atom is 0.341 e. The van der Waals surface area contributed by atoms with Crippen LogP contribution in [-0.4, -0.2) is 35.8 Å². The monoisotopic (exact) mass is 450 g/mol. The van der Waals surface area contributed by atoms with E-state index in [0.29, 0.717) is 0 Å². The van der Waals surface area contributed by atoms with Crippen LogP contribution in [0.15, 0.2) is 35.5 Å². The Morgan fingerprint density at radius 2 is 2.03 bits per heavy atom. The standard InChI is InChI=1S/C20H20F2N4O4S/c1-2-14(27)11-10-24-16(26-18(28)12-9-20(12)5-6-20)8-13(11)25-17-15(4-3-7-23-17)31(29,30)19(21)22/h3-4,7-8,10,12,19H,2,5-6,9H2,1H3,(H2,23,24,25,26,28)/t12-/m0/s1. The molecule has 2 aromatic heterocycles. The molecule has 2 saturated carbocycles. The lowest BCUT2D eigenvalue weighted by atomic mass is 10.1. The molecule has 0 bridgehead atoms. The summed E-state index contributed by atoms with van der Waals surface area (Å²) in [7, 11) is -4.93. The van der Waals surface area contributed by atoms with Gasteiger partial charge in [0.15, 0.2) is 5.78 Å². The van der Waals surface area contributed by atoms with E-state index in [1.807, 2.05) is 0 Å². The van der Waals surface area contributed by atoms with Gasteiger partial charge >= 0.3 is 5.76 Å². The number of aromatic nitrogens is 2. The number of anilines is 3. The van der Waals surface area contributed by atoms with E-state index in [4.69, 9.17) is 0 Å². The highest BCUT2D eigenvalue weighted by Gasteiger charge is 2.65. The molecule has 1 amide bonds. The summed E-state index contributed by atoms with van der Waals surface area (Å²) in [6, 6.07) is 3.60. The van der Waals surface area contributed by atoms with Crippen LogP contribution in [0, 0.1) is 11.3 Å². The number of carbonyl (C=O) groups excluding carboxylic acids is 2. The molecule has 0 unspecified atom stereocenters. The molecule has 2 fully saturated rings. The van der Waals surface area contributed by atoms with Gasteiger partial charge < -0.3 is 10.6 Å². The first-order valence-electron chi connectivity index (χ1n) is 9.76. The number of hydrogen-bond donors (Lipinski definition) is 2. The van der Waals surface area contributed by atoms with Gasteiger partial charge in [-0.3, -0.25) is 9.59 Å². The largest absolute Gasteiger partial charge is 0.341 e. The Bertz CT molecular complexity index is 1170. The summed E-state index contributed by atoms with van der Waals surface area (Å²) >= 11 is 0. The number of sulfone groups is 1. The van der Waals surface area contributed by atoms with E-state index in [-0.39, 0.29) is 52.3 Å². The summed E-state index contributed by atoms with van der Waals surface area (Å²) in [4.78, 5) is 32.0. The van der Waals surface area contributed by atoms with E-state index in [0.717, 1.165) is 25.3 Å². The maximum absolute atomic E-state index is 13.1. The second-order valence-corrected chi connectivity index (χ2v) is 9.67. The van der Waals surface area contributed by atoms with E-state index < -0.39 is 20.5 Å². The van der Waals surface area contributed by atoms with Gasteiger partial charge in [0.2, 0.25) is 15.7 Å². The van der Waals surface area contributed by atoms with Crippen LogP contribution in [0.2, 0.25) is 0 Å². The van der Waals surface area contributed by atoms with Gasteiger partial charge in [0.25, 0.3) is 0 Å². The summed E-state index contributed by atoms with van der Waals surface area (Å²) in [5, 5.41) is 5.38. The number of carbonyl (C=O) groups is 2. The van der Waals surface area contributed by atoms with Crippen LogP contribution in [0.1, 0.15) is 43.0 Å². The molecule has 2 aliphatic carbocycles. The van der Waals surface area contributed by atoms with Gasteiger partial charge in [0.05, 0.1) is 11.3 Å². The van der Waals surface area contributed by atoms with Crippen molar-refractivity contribution in [2.45, 2.75) is 43.3 Å². The quantitative estimate of drug-likeness (QED) is 0.591. The first kappa shape index (κ1) is 21.3. The van der Waals surface area contributed by atoms with Gasteiger partial charge in [-0.1, -0.05) is 6.92 Å². The normalized spacial score (nSPS) is 18.6. The number of pyridine rings is 2. The molecule has 1 atom stereocenters. The van der Waals surface area contributed by atoms with Crippen LogP contribution in [0.25, 0.3) is 0 Å². The highest BCUT2D eigenvalue weighted by molar-refractivity contribution is 7.91. The summed E-state index contributed by atoms with van der Waals surface area (Å²) < 4.78 is 50.2. The summed E-state index contributed by atoms with van der Waals surface area (Å²) in [6.45, 7) is 1.64. The van der Waals surface area contributed by atoms with Gasteiger partial charge in [0, 0.05) is 30.8 Å². The van der Waals surface area contributed by atoms with E-state index in [9.17, 15) is 26.8 Å². The molecule has 0 radical (unpaired) electrons. The molecule has 11 heteroatoms. The van der Waals surface area contributed by atoms with Crippen LogP contribution >= 0.6 is 0 Å². The van der Waals surface area contributed by atoms with E-state index in [2.05, 4.69) is 20.6 Å². The van der Waals surface area contributed by atoms with Crippen molar-refractivity contribution in [3.05, 3.63) is 36.2 Å². The van der Waals surface area contributed by atoms with Gasteiger partial charge in [-0.05, 0) is 36.8 Å². The molecule has 31 heavy (non-hydrogen) atoms. The topological polar surface area (TPSA) is 118 Å². The number of amides is 1. The molecule has 4 rings (SSSR count). The SMILES string of the molecule is CCC(=O)c1cnc(NC(=O)[C@@H]2CC23CC3)cc1Nc1ncccc1S(=O)(=O)C(F)F. The fourth-order valence-corrected chi connectivity index (χ4v) is 4.46. The smallest absolute Gasteiger partial charge is 0.338 e. The third-order valence-corrected chi connectivity index (χ3v) is 7.15. The molecule has 2 heterocycles. The number of nitrogens with zero attached hydrogens (tertiary/aromatic N) is 2. The number of nitrogens with one attached hydrogen (secondary N) is 2. The second-order valence-electron chi connectivity index (χ2n) is 7.78. The van der Waals surface area contributed by atoms with Crippen LogP contribution in [-0.2, 0) is 14.6 Å². The van der Waals surface area contributed by atoms with Crippen molar-refractivity contribution in [2.24, 2.45) is 11.3 Å². The van der Waals surface area contributed by atoms with Crippen molar-refractivity contribution < 1.29 is 26.8 Å². The predicted molar refractivity (Wildman–Crippen MR) is 108 cm³/mol. The number of halogens is 2. The van der Waals surface area contributed by atoms with Crippen molar-refractivity contribution in [3.8, 4) is 0 Å². The van der Waals surface area contributed by atoms with Crippen LogP contribution in [0.3, 0.4) is 0 Å². The first-order chi connectivity index (χ1) is 14.7. The number of Topliss-reactive ketones (excluding diaryl/α,β-unsaturated/α-hetero) is 1. The lowest BCUT2D eigenvalue weighted by molar-refractivity contribution is -0.117. The number of hydrogen-bond acceptors (Lipinski definition) is 7. The van der Waals surface area contributed by atoms with Crippen LogP contribution in [0.4, 0.5) is 26.1 Å². The van der Waals surface area contributed by atoms with Crippen LogP contribution in [0.5, 0.6) is 0 Å². The van der Waals surface area contributed by atoms with E-state index in [1.165, 1.54) is 24.5 Å². The minimum Gasteiger partial charge on any atom is -0.338 e. The Morgan fingerprint density at radius 1 is 1.29 bits per heavy atom. The summed E-state index contributed by atoms with van der Waals surface area (Å²) in [5.74, 6) is -4.34. The zero-order valence-corrected chi connectivity index (χ0v) is 17.4. The van der Waals surface area contributed by atoms with Crippen molar-refractivity contribution in [1.82, 2.24) is 9.97 Å². The second kappa shape index (κ2) is 7.63. The predicted octanol–water partition coefficient (Wildman–Crippen LogP) is 3.55. The molecule has 164 valence electrons. The maximum atomic E-state index is 13.1. The van der Waals surface area contributed by atoms with Gasteiger partial charge in [-0.25, -0.2) is 18.4 Å². The van der Waals surface area contributed by atoms with E-state index in [1.54, 1.807) is 6.92 Å². The lowest BCUT2D eigenvalue weighted by Crippen LogP contribution is -2.17. The highest BCUT2D eigenvalue weighted by Crippen LogP contribution is 2.70. The van der Waals surface area contributed by atoms with Gasteiger partial charge in [-0.15, -0.1) is 0 Å². The number of ketones is 1. The van der Waals surface area contributed by atoms with Gasteiger partial charge in [0.1, 0.15) is 16.5 Å². The molecule has 2 N–H and O–H groups in total. The Kier molecular flexibility index (Phi) is 5.24. The van der Waals surface area contributed by atoms with E-state index >= 15 is 0 Å². The molecular weight excluding hydrogens is 430 g/mol. The van der Waals surface area contributed by atoms with Crippen molar-refractivity contribution in [2.75, 3.05) is 10.6 Å². The Labute approximate surface area is 177 Å². The molecule has 2 aromatic rings. The molecular formula is C20H20F2N4O4S. The molecule has 2 aliphatic rings. The average molecular weight is 450 g/mol. The first-order valence-corrected chi connectivity index (χ1v) is 11.3. The highest BCUT2D eigenvalue weighted by atomic mass is 32.2. The van der Waals surface area contributed by atoms with Crippen molar-refractivity contribution in [3.63, 3.8) is 0 Å². The Balaban J connectivity index is 1.66. The Morgan fingerprint density at radius 3 is 2.65 bits per heavy atom. The fourth-order valence-electron chi connectivity index (χ4n) is 3.62. The number of alkyl halides is 2. The zero-order chi connectivity index (χ0) is 22.4. The third kappa shape index (κ3) is 4.01. The lowest BCUT2D eigenvalue weighted by Gasteiger charge is -2.15. The molecule has 1 spiro atoms. The zero-order valence-electron chi connectivity index (χ0n) is 16.6. The third-order valence-electron chi connectivity index (χ3n) is 5.74. The van der Waals surface area contributed by atoms with Crippen molar-refractivity contribution in [1.29, 1.82) is 0 Å². The summed E-state index contributed by atoms with van der Waals surface area (Å²) in [5.41, 5.74) is 0.380. The fraction of sp³-hybridized carbons (Fsp3) is 0.400. The molecule has 0 aromatic carbocycles.